The van der Waals surface area contributed by atoms with Crippen LogP contribution in [0.4, 0.5) is 23.1 Å². The topological polar surface area (TPSA) is 111 Å². The van der Waals surface area contributed by atoms with Crippen LogP contribution in [-0.2, 0) is 7.05 Å². The van der Waals surface area contributed by atoms with Crippen LogP contribution in [0, 0.1) is 0 Å². The molecule has 4 aromatic rings. The van der Waals surface area contributed by atoms with Crippen molar-refractivity contribution >= 4 is 34.0 Å². The number of hydrogen-bond acceptors (Lipinski definition) is 7. The minimum atomic E-state index is 0.263. The van der Waals surface area contributed by atoms with Crippen LogP contribution in [0.5, 0.6) is 0 Å². The Labute approximate surface area is 179 Å². The SMILES string of the molecule is Cn1nc2ccc3cc2c1Nc1cc(ccc1N)-c1nc(N2CCC(N)CC2)ncc1-3. The number of nitrogens with two attached hydrogens (primary N) is 2. The van der Waals surface area contributed by atoms with Crippen LogP contribution >= 0.6 is 0 Å². The zero-order valence-corrected chi connectivity index (χ0v) is 17.3. The van der Waals surface area contributed by atoms with Gasteiger partial charge in [0, 0.05) is 48.9 Å². The van der Waals surface area contributed by atoms with Crippen LogP contribution in [0.2, 0.25) is 0 Å². The summed E-state index contributed by atoms with van der Waals surface area (Å²) in [5.41, 5.74) is 18.8. The van der Waals surface area contributed by atoms with Gasteiger partial charge in [-0.05, 0) is 42.7 Å². The summed E-state index contributed by atoms with van der Waals surface area (Å²) >= 11 is 0. The Morgan fingerprint density at radius 2 is 1.87 bits per heavy atom. The molecule has 0 atom stereocenters. The van der Waals surface area contributed by atoms with Gasteiger partial charge in [-0.2, -0.15) is 5.10 Å². The fourth-order valence-corrected chi connectivity index (χ4v) is 4.51. The fourth-order valence-electron chi connectivity index (χ4n) is 4.51. The van der Waals surface area contributed by atoms with Crippen molar-refractivity contribution < 1.29 is 0 Å². The summed E-state index contributed by atoms with van der Waals surface area (Å²) in [6.07, 6.45) is 3.85. The molecule has 2 aliphatic heterocycles. The Kier molecular flexibility index (Phi) is 3.91. The molecule has 8 nitrogen and oxygen atoms in total. The van der Waals surface area contributed by atoms with E-state index in [1.807, 2.05) is 36.1 Å². The number of fused-ring (bicyclic) bond motifs is 6. The monoisotopic (exact) mass is 412 g/mol. The average molecular weight is 413 g/mol. The van der Waals surface area contributed by atoms with Crippen molar-refractivity contribution in [2.75, 3.05) is 29.0 Å². The summed E-state index contributed by atoms with van der Waals surface area (Å²) < 4.78 is 1.85. The van der Waals surface area contributed by atoms with Gasteiger partial charge in [-0.25, -0.2) is 9.97 Å². The van der Waals surface area contributed by atoms with E-state index in [-0.39, 0.29) is 6.04 Å². The molecule has 0 spiro atoms. The molecule has 31 heavy (non-hydrogen) atoms. The number of rotatable bonds is 1. The molecule has 0 amide bonds. The fraction of sp³-hybridized carbons (Fsp3) is 0.261. The van der Waals surface area contributed by atoms with E-state index in [9.17, 15) is 0 Å². The van der Waals surface area contributed by atoms with Crippen molar-refractivity contribution in [3.05, 3.63) is 42.6 Å². The van der Waals surface area contributed by atoms with Crippen molar-refractivity contribution in [1.82, 2.24) is 19.7 Å². The van der Waals surface area contributed by atoms with Crippen LogP contribution < -0.4 is 21.7 Å². The maximum Gasteiger partial charge on any atom is 0.225 e. The summed E-state index contributed by atoms with van der Waals surface area (Å²) in [5.74, 6) is 1.66. The Morgan fingerprint density at radius 3 is 2.71 bits per heavy atom. The van der Waals surface area contributed by atoms with Crippen molar-refractivity contribution in [1.29, 1.82) is 0 Å². The lowest BCUT2D eigenvalue weighted by molar-refractivity contribution is 0.495. The first kappa shape index (κ1) is 18.1. The van der Waals surface area contributed by atoms with Crippen LogP contribution in [0.1, 0.15) is 12.8 Å². The molecule has 5 N–H and O–H groups in total. The van der Waals surface area contributed by atoms with E-state index in [2.05, 4.69) is 33.5 Å². The number of piperidine rings is 1. The molecule has 6 rings (SSSR count). The third-order valence-corrected chi connectivity index (χ3v) is 6.32. The summed E-state index contributed by atoms with van der Waals surface area (Å²) in [7, 11) is 1.93. The number of hydrogen-bond donors (Lipinski definition) is 3. The Balaban J connectivity index is 1.58. The molecule has 4 heterocycles. The highest BCUT2D eigenvalue weighted by molar-refractivity contribution is 5.98. The number of anilines is 4. The molecule has 0 aliphatic carbocycles. The van der Waals surface area contributed by atoms with Crippen molar-refractivity contribution in [2.45, 2.75) is 18.9 Å². The van der Waals surface area contributed by atoms with Gasteiger partial charge in [0.1, 0.15) is 5.82 Å². The number of nitrogen functional groups attached to an aromatic ring is 1. The maximum absolute atomic E-state index is 6.31. The molecule has 2 aromatic heterocycles. The van der Waals surface area contributed by atoms with E-state index in [4.69, 9.17) is 21.4 Å². The summed E-state index contributed by atoms with van der Waals surface area (Å²) in [4.78, 5) is 12.0. The van der Waals surface area contributed by atoms with Gasteiger partial charge in [-0.3, -0.25) is 4.68 Å². The molecular formula is C23H24N8. The minimum Gasteiger partial charge on any atom is -0.397 e. The third kappa shape index (κ3) is 2.90. The van der Waals surface area contributed by atoms with Crippen LogP contribution in [-0.4, -0.2) is 38.9 Å². The standard InChI is InChI=1S/C23H24N8/c1-30-22-16-10-13(3-5-19(16)29-30)17-12-26-23(31-8-6-15(24)7-9-31)28-21(17)14-2-4-18(25)20(11-14)27-22/h2-5,10-12,15,27H,6-9,24-25H2,1H3. The predicted molar refractivity (Wildman–Crippen MR) is 124 cm³/mol. The van der Waals surface area contributed by atoms with E-state index in [0.717, 1.165) is 76.7 Å². The lowest BCUT2D eigenvalue weighted by atomic mass is 9.98. The van der Waals surface area contributed by atoms with E-state index < -0.39 is 0 Å². The van der Waals surface area contributed by atoms with Gasteiger partial charge in [0.05, 0.1) is 22.6 Å². The minimum absolute atomic E-state index is 0.263. The smallest absolute Gasteiger partial charge is 0.225 e. The molecule has 0 saturated carbocycles. The molecule has 2 aliphatic rings. The van der Waals surface area contributed by atoms with E-state index in [1.165, 1.54) is 0 Å². The molecular weight excluding hydrogens is 388 g/mol. The second-order valence-corrected chi connectivity index (χ2v) is 8.39. The summed E-state index contributed by atoms with van der Waals surface area (Å²) in [6.45, 7) is 1.75. The van der Waals surface area contributed by atoms with Gasteiger partial charge in [0.2, 0.25) is 5.95 Å². The van der Waals surface area contributed by atoms with Crippen LogP contribution in [0.15, 0.2) is 42.6 Å². The molecule has 1 fully saturated rings. The third-order valence-electron chi connectivity index (χ3n) is 6.32. The van der Waals surface area contributed by atoms with Crippen LogP contribution in [0.25, 0.3) is 33.3 Å². The van der Waals surface area contributed by atoms with Crippen molar-refractivity contribution in [3.8, 4) is 22.4 Å². The maximum atomic E-state index is 6.31. The molecule has 156 valence electrons. The van der Waals surface area contributed by atoms with E-state index >= 15 is 0 Å². The van der Waals surface area contributed by atoms with E-state index in [0.29, 0.717) is 5.69 Å². The Morgan fingerprint density at radius 1 is 1.06 bits per heavy atom. The number of nitrogens with zero attached hydrogens (tertiary/aromatic N) is 5. The summed E-state index contributed by atoms with van der Waals surface area (Å²) in [6, 6.07) is 12.5. The molecule has 8 heteroatoms. The lowest BCUT2D eigenvalue weighted by Gasteiger charge is -2.30. The van der Waals surface area contributed by atoms with Crippen molar-refractivity contribution in [2.24, 2.45) is 12.8 Å². The highest BCUT2D eigenvalue weighted by Crippen LogP contribution is 2.39. The summed E-state index contributed by atoms with van der Waals surface area (Å²) in [5, 5.41) is 9.15. The first-order chi connectivity index (χ1) is 15.1. The number of aryl methyl sites for hydroxylation is 1. The average Bonchev–Trinajstić information content (AvgIpc) is 3.09. The van der Waals surface area contributed by atoms with Gasteiger partial charge in [0.15, 0.2) is 0 Å². The zero-order valence-electron chi connectivity index (χ0n) is 17.3. The number of nitrogens with one attached hydrogen (secondary N) is 1. The normalized spacial score (nSPS) is 15.7. The van der Waals surface area contributed by atoms with Crippen molar-refractivity contribution in [3.63, 3.8) is 0 Å². The van der Waals surface area contributed by atoms with Gasteiger partial charge >= 0.3 is 0 Å². The van der Waals surface area contributed by atoms with Gasteiger partial charge in [0.25, 0.3) is 0 Å². The second-order valence-electron chi connectivity index (χ2n) is 8.39. The second kappa shape index (κ2) is 6.68. The molecule has 2 aromatic carbocycles. The number of aromatic nitrogens is 4. The molecule has 0 radical (unpaired) electrons. The molecule has 1 saturated heterocycles. The lowest BCUT2D eigenvalue weighted by Crippen LogP contribution is -2.40. The zero-order chi connectivity index (χ0) is 21.1. The predicted octanol–water partition coefficient (Wildman–Crippen LogP) is 3.26. The van der Waals surface area contributed by atoms with Crippen LogP contribution in [0.3, 0.4) is 0 Å². The van der Waals surface area contributed by atoms with E-state index in [1.54, 1.807) is 0 Å². The quantitative estimate of drug-likeness (QED) is 0.362. The Hall–Kier alpha value is -3.65. The molecule has 0 unspecified atom stereocenters. The highest BCUT2D eigenvalue weighted by Gasteiger charge is 2.22. The first-order valence-corrected chi connectivity index (χ1v) is 10.6. The number of benzene rings is 2. The Bertz CT molecular complexity index is 1320. The first-order valence-electron chi connectivity index (χ1n) is 10.6. The highest BCUT2D eigenvalue weighted by atomic mass is 15.3. The largest absolute Gasteiger partial charge is 0.397 e. The van der Waals surface area contributed by atoms with Gasteiger partial charge in [-0.15, -0.1) is 0 Å². The van der Waals surface area contributed by atoms with Gasteiger partial charge < -0.3 is 21.7 Å². The molecule has 4 bridgehead atoms. The van der Waals surface area contributed by atoms with Gasteiger partial charge in [-0.1, -0.05) is 12.1 Å².